The first-order valence-corrected chi connectivity index (χ1v) is 5.68. The maximum Gasteiger partial charge on any atom is 0.116 e. The molecule has 0 saturated heterocycles. The van der Waals surface area contributed by atoms with Gasteiger partial charge in [-0.15, -0.1) is 0 Å². The summed E-state index contributed by atoms with van der Waals surface area (Å²) in [4.78, 5) is 4.27. The Labute approximate surface area is 99.2 Å². The van der Waals surface area contributed by atoms with Crippen molar-refractivity contribution >= 4 is 17.9 Å². The lowest BCUT2D eigenvalue weighted by atomic mass is 9.99. The van der Waals surface area contributed by atoms with E-state index in [1.165, 1.54) is 0 Å². The lowest BCUT2D eigenvalue weighted by molar-refractivity contribution is 0.543. The zero-order valence-corrected chi connectivity index (χ0v) is 9.41. The third-order valence-corrected chi connectivity index (χ3v) is 3.11. The van der Waals surface area contributed by atoms with Gasteiger partial charge in [-0.3, -0.25) is 0 Å². The molecule has 1 atom stereocenters. The third kappa shape index (κ3) is 1.62. The molecular weight excluding hydrogens is 222 g/mol. The van der Waals surface area contributed by atoms with E-state index in [2.05, 4.69) is 21.7 Å². The Morgan fingerprint density at radius 1 is 1.38 bits per heavy atom. The molecule has 0 aromatic heterocycles. The Bertz CT molecular complexity index is 479. The minimum Gasteiger partial charge on any atom is -0.305 e. The standard InChI is InChI=1S/C12H11ClN3/c13-9-3-1-2-8(6-9)11-12-10(4-5-14-11)15-7-16-12/h1-3,6-7,11,14H,4-5H2. The highest BCUT2D eigenvalue weighted by Gasteiger charge is 2.27. The lowest BCUT2D eigenvalue weighted by Gasteiger charge is -2.24. The van der Waals surface area contributed by atoms with Gasteiger partial charge in [-0.2, -0.15) is 0 Å². The number of hydrogen-bond donors (Lipinski definition) is 1. The summed E-state index contributed by atoms with van der Waals surface area (Å²) >= 11 is 6.00. The van der Waals surface area contributed by atoms with Gasteiger partial charge in [-0.25, -0.2) is 10.3 Å². The highest BCUT2D eigenvalue weighted by molar-refractivity contribution is 6.30. The van der Waals surface area contributed by atoms with Crippen molar-refractivity contribution in [2.75, 3.05) is 6.54 Å². The molecule has 1 radical (unpaired) electrons. The fraction of sp³-hybridized carbons (Fsp3) is 0.250. The van der Waals surface area contributed by atoms with Crippen LogP contribution in [0.15, 0.2) is 40.7 Å². The van der Waals surface area contributed by atoms with Gasteiger partial charge in [0.25, 0.3) is 0 Å². The molecule has 0 fully saturated rings. The van der Waals surface area contributed by atoms with Crippen LogP contribution in [-0.2, 0) is 0 Å². The molecule has 16 heavy (non-hydrogen) atoms. The molecule has 3 rings (SSSR count). The molecule has 0 bridgehead atoms. The van der Waals surface area contributed by atoms with E-state index in [0.717, 1.165) is 34.9 Å². The number of nitrogens with zero attached hydrogens (tertiary/aromatic N) is 2. The van der Waals surface area contributed by atoms with E-state index in [0.29, 0.717) is 0 Å². The SMILES string of the molecule is Clc1cccc(C2NCCC3=C2[N]C=N3)c1. The second-order valence-corrected chi connectivity index (χ2v) is 4.33. The van der Waals surface area contributed by atoms with Crippen molar-refractivity contribution in [2.45, 2.75) is 12.5 Å². The molecule has 0 aliphatic carbocycles. The van der Waals surface area contributed by atoms with Crippen LogP contribution in [0.2, 0.25) is 5.02 Å². The van der Waals surface area contributed by atoms with Crippen molar-refractivity contribution in [3.8, 4) is 0 Å². The predicted octanol–water partition coefficient (Wildman–Crippen LogP) is 2.23. The smallest absolute Gasteiger partial charge is 0.116 e. The minimum absolute atomic E-state index is 0.130. The van der Waals surface area contributed by atoms with Gasteiger partial charge in [0.05, 0.1) is 17.4 Å². The molecule has 2 aliphatic rings. The summed E-state index contributed by atoms with van der Waals surface area (Å²) in [5.41, 5.74) is 3.28. The van der Waals surface area contributed by atoms with Crippen molar-refractivity contribution in [3.05, 3.63) is 46.2 Å². The van der Waals surface area contributed by atoms with E-state index in [1.807, 2.05) is 18.2 Å². The summed E-state index contributed by atoms with van der Waals surface area (Å²) in [6.45, 7) is 0.933. The minimum atomic E-state index is 0.130. The van der Waals surface area contributed by atoms with Gasteiger partial charge < -0.3 is 5.32 Å². The number of halogens is 1. The van der Waals surface area contributed by atoms with Gasteiger partial charge in [0, 0.05) is 18.0 Å². The van der Waals surface area contributed by atoms with Crippen LogP contribution in [0, 0.1) is 0 Å². The van der Waals surface area contributed by atoms with Crippen molar-refractivity contribution in [2.24, 2.45) is 4.99 Å². The van der Waals surface area contributed by atoms with Gasteiger partial charge in [-0.1, -0.05) is 23.7 Å². The van der Waals surface area contributed by atoms with Crippen molar-refractivity contribution < 1.29 is 0 Å². The quantitative estimate of drug-likeness (QED) is 0.792. The second kappa shape index (κ2) is 3.92. The Kier molecular flexibility index (Phi) is 2.42. The molecule has 0 saturated carbocycles. The second-order valence-electron chi connectivity index (χ2n) is 3.90. The van der Waals surface area contributed by atoms with Gasteiger partial charge >= 0.3 is 0 Å². The molecule has 1 aromatic rings. The van der Waals surface area contributed by atoms with Gasteiger partial charge in [0.15, 0.2) is 0 Å². The highest BCUT2D eigenvalue weighted by Crippen LogP contribution is 2.31. The molecule has 1 unspecified atom stereocenters. The Morgan fingerprint density at radius 3 is 3.19 bits per heavy atom. The van der Waals surface area contributed by atoms with E-state index >= 15 is 0 Å². The van der Waals surface area contributed by atoms with Crippen molar-refractivity contribution in [1.29, 1.82) is 0 Å². The van der Waals surface area contributed by atoms with E-state index in [-0.39, 0.29) is 6.04 Å². The van der Waals surface area contributed by atoms with Crippen molar-refractivity contribution in [3.63, 3.8) is 0 Å². The van der Waals surface area contributed by atoms with Crippen LogP contribution in [0.25, 0.3) is 0 Å². The van der Waals surface area contributed by atoms with Gasteiger partial charge in [0.2, 0.25) is 0 Å². The fourth-order valence-electron chi connectivity index (χ4n) is 2.13. The summed E-state index contributed by atoms with van der Waals surface area (Å²) in [6, 6.07) is 8.01. The normalized spacial score (nSPS) is 23.2. The number of aliphatic imine (C=N–C) groups is 1. The Hall–Kier alpha value is -1.32. The first kappa shape index (κ1) is 9.87. The molecule has 81 valence electrons. The van der Waals surface area contributed by atoms with E-state index in [1.54, 1.807) is 6.34 Å². The van der Waals surface area contributed by atoms with E-state index < -0.39 is 0 Å². The number of rotatable bonds is 1. The van der Waals surface area contributed by atoms with Gasteiger partial charge in [0.1, 0.15) is 6.34 Å². The van der Waals surface area contributed by atoms with Gasteiger partial charge in [-0.05, 0) is 17.7 Å². The number of nitrogens with one attached hydrogen (secondary N) is 1. The molecule has 2 aliphatic heterocycles. The predicted molar refractivity (Wildman–Crippen MR) is 64.5 cm³/mol. The van der Waals surface area contributed by atoms with Crippen LogP contribution < -0.4 is 10.6 Å². The number of benzene rings is 1. The molecule has 2 heterocycles. The summed E-state index contributed by atoms with van der Waals surface area (Å²) in [5, 5.41) is 8.53. The van der Waals surface area contributed by atoms with Crippen LogP contribution in [0.3, 0.4) is 0 Å². The highest BCUT2D eigenvalue weighted by atomic mass is 35.5. The van der Waals surface area contributed by atoms with Crippen LogP contribution in [-0.4, -0.2) is 12.9 Å². The van der Waals surface area contributed by atoms with Crippen LogP contribution in [0.1, 0.15) is 18.0 Å². The maximum atomic E-state index is 6.00. The van der Waals surface area contributed by atoms with Crippen LogP contribution in [0.5, 0.6) is 0 Å². The largest absolute Gasteiger partial charge is 0.305 e. The summed E-state index contributed by atoms with van der Waals surface area (Å²) in [7, 11) is 0. The Morgan fingerprint density at radius 2 is 2.31 bits per heavy atom. The summed E-state index contributed by atoms with van der Waals surface area (Å²) < 4.78 is 0. The van der Waals surface area contributed by atoms with Crippen molar-refractivity contribution in [1.82, 2.24) is 10.6 Å². The summed E-state index contributed by atoms with van der Waals surface area (Å²) in [5.74, 6) is 0. The fourth-order valence-corrected chi connectivity index (χ4v) is 2.33. The third-order valence-electron chi connectivity index (χ3n) is 2.87. The molecule has 0 spiro atoms. The topological polar surface area (TPSA) is 38.5 Å². The van der Waals surface area contributed by atoms with Crippen LogP contribution in [0.4, 0.5) is 0 Å². The summed E-state index contributed by atoms with van der Waals surface area (Å²) in [6.07, 6.45) is 2.58. The average Bonchev–Trinajstić information content (AvgIpc) is 2.76. The monoisotopic (exact) mass is 232 g/mol. The molecule has 0 amide bonds. The zero-order valence-electron chi connectivity index (χ0n) is 8.65. The lowest BCUT2D eigenvalue weighted by Crippen LogP contribution is -2.30. The van der Waals surface area contributed by atoms with E-state index in [4.69, 9.17) is 11.6 Å². The Balaban J connectivity index is 1.98. The molecule has 4 heteroatoms. The number of hydrogen-bond acceptors (Lipinski definition) is 2. The molecule has 3 nitrogen and oxygen atoms in total. The van der Waals surface area contributed by atoms with E-state index in [9.17, 15) is 0 Å². The maximum absolute atomic E-state index is 6.00. The molecular formula is C12H11ClN3. The van der Waals surface area contributed by atoms with Crippen LogP contribution >= 0.6 is 11.6 Å². The molecule has 1 aromatic carbocycles. The first-order chi connectivity index (χ1) is 7.84. The zero-order chi connectivity index (χ0) is 11.0. The first-order valence-electron chi connectivity index (χ1n) is 5.30. The average molecular weight is 233 g/mol. The molecule has 1 N–H and O–H groups in total.